The van der Waals surface area contributed by atoms with Gasteiger partial charge in [-0.25, -0.2) is 0 Å². The molecule has 0 aliphatic heterocycles. The van der Waals surface area contributed by atoms with Crippen molar-refractivity contribution >= 4 is 0 Å². The van der Waals surface area contributed by atoms with Crippen LogP contribution in [0.1, 0.15) is 182 Å². The van der Waals surface area contributed by atoms with Crippen LogP contribution in [0.15, 0.2) is 255 Å². The van der Waals surface area contributed by atoms with Gasteiger partial charge in [0.2, 0.25) is 0 Å². The average molecular weight is 1690 g/mol. The first kappa shape index (κ1) is 85.2. The SMILES string of the molecule is [2H]c1ccc(OCCCCCOc2cc(OCCCCCOc3ccc([2H])cc3)cc(OCCCCCOc3cc(OCCCCCOc4cc(OCCCCCOc5ccc([2H])cc5)cc(OCCCCCOc5ccc([2H])cc5)c4)cc(OCCCCCOc4cc(OCCCCCOc5ccc([2H])cc5)cc(OCCCCCOc5ccc([2H])cc5)c4)c3)c2)cc1. The molecule has 0 N–H and O–H groups in total. The van der Waals surface area contributed by atoms with Crippen LogP contribution in [-0.4, -0.2) is 119 Å². The highest BCUT2D eigenvalue weighted by molar-refractivity contribution is 5.45. The van der Waals surface area contributed by atoms with E-state index in [9.17, 15) is 0 Å². The van der Waals surface area contributed by atoms with Gasteiger partial charge in [-0.3, -0.25) is 0 Å². The van der Waals surface area contributed by atoms with Gasteiger partial charge < -0.3 is 85.3 Å². The van der Waals surface area contributed by atoms with Gasteiger partial charge >= 0.3 is 0 Å². The predicted molar refractivity (Wildman–Crippen MR) is 488 cm³/mol. The van der Waals surface area contributed by atoms with Gasteiger partial charge in [0, 0.05) is 72.8 Å². The molecule has 0 saturated carbocycles. The Hall–Kier alpha value is -11.4. The van der Waals surface area contributed by atoms with Crippen LogP contribution < -0.4 is 85.3 Å². The number of hydrogen-bond acceptors (Lipinski definition) is 18. The molecule has 0 radical (unpaired) electrons. The topological polar surface area (TPSA) is 166 Å². The zero-order valence-electron chi connectivity index (χ0n) is 78.0. The van der Waals surface area contributed by atoms with Crippen LogP contribution in [0.2, 0.25) is 0 Å². The fourth-order valence-corrected chi connectivity index (χ4v) is 12.8. The minimum Gasteiger partial charge on any atom is -0.494 e. The lowest BCUT2D eigenvalue weighted by molar-refractivity contribution is 0.258. The Labute approximate surface area is 740 Å². The highest BCUT2D eigenvalue weighted by Gasteiger charge is 2.13. The Morgan fingerprint density at radius 2 is 0.195 bits per heavy atom. The number of para-hydroxylation sites is 6. The molecular weight excluding hydrogens is 1550 g/mol. The molecule has 18 heteroatoms. The van der Waals surface area contributed by atoms with Gasteiger partial charge in [-0.1, -0.05) is 109 Å². The van der Waals surface area contributed by atoms with Crippen LogP contribution in [0.4, 0.5) is 0 Å². The summed E-state index contributed by atoms with van der Waals surface area (Å²) in [5.41, 5.74) is 0. The summed E-state index contributed by atoms with van der Waals surface area (Å²) in [6.07, 6.45) is 23.4. The Bertz CT molecular complexity index is 3920. The minimum absolute atomic E-state index is 0.458. The molecular formula is C105H132O18. The van der Waals surface area contributed by atoms with Crippen molar-refractivity contribution in [2.45, 2.75) is 173 Å². The van der Waals surface area contributed by atoms with E-state index < -0.39 is 0 Å². The van der Waals surface area contributed by atoms with Crippen molar-refractivity contribution < 1.29 is 93.5 Å². The smallest absolute Gasteiger partial charge is 0.126 e. The molecule has 18 nitrogen and oxygen atoms in total. The number of hydrogen-bond donors (Lipinski definition) is 0. The molecule has 123 heavy (non-hydrogen) atoms. The summed E-state index contributed by atoms with van der Waals surface area (Å²) in [6, 6.07) is 68.6. The summed E-state index contributed by atoms with van der Waals surface area (Å²) >= 11 is 0. The Balaban J connectivity index is 0.694. The fraction of sp³-hybridized carbons (Fsp3) is 0.429. The third-order valence-electron chi connectivity index (χ3n) is 19.5. The van der Waals surface area contributed by atoms with Crippen molar-refractivity contribution in [1.29, 1.82) is 0 Å². The zero-order chi connectivity index (χ0) is 89.9. The van der Waals surface area contributed by atoms with Crippen LogP contribution in [0.3, 0.4) is 0 Å². The fourth-order valence-electron chi connectivity index (χ4n) is 12.8. The Morgan fingerprint density at radius 1 is 0.114 bits per heavy atom. The maximum absolute atomic E-state index is 7.74. The first-order chi connectivity index (χ1) is 63.4. The first-order valence-corrected chi connectivity index (χ1v) is 44.7. The molecule has 0 bridgehead atoms. The van der Waals surface area contributed by atoms with Crippen molar-refractivity contribution in [2.24, 2.45) is 0 Å². The standard InChI is InChI=1S/C105H132O18/c1-16-46-88(47-17-1)106-58-28-7-34-64-112-94-76-95(113-65-35-8-29-59-107-89-48-18-2-19-49-89)80-100(79-94)118-70-40-13-43-73-121-103-85-104(122-74-44-14-41-71-119-101-81-96(114-66-36-9-30-60-108-90-50-20-3-21-51-90)77-97(82-101)115-67-37-10-31-61-109-91-52-22-4-23-53-91)87-105(86-103)123-75-45-15-42-72-120-102-83-98(116-68-38-11-32-62-110-92-54-24-5-25-55-92)78-99(84-102)117-69-39-12-33-63-111-93-56-26-6-27-57-93/h1-6,16-27,46-57,76-87H,7-15,28-45,58-75H2/i1D,2D,3D,4D,5D,6D. The van der Waals surface area contributed by atoms with Crippen molar-refractivity contribution in [3.63, 3.8) is 0 Å². The summed E-state index contributed by atoms with van der Waals surface area (Å²) < 4.78 is 158. The Morgan fingerprint density at radius 3 is 0.285 bits per heavy atom. The van der Waals surface area contributed by atoms with Gasteiger partial charge in [-0.05, 0) is 246 Å². The molecule has 0 unspecified atom stereocenters. The predicted octanol–water partition coefficient (Wildman–Crippen LogP) is 25.3. The number of ether oxygens (including phenoxy) is 18. The van der Waals surface area contributed by atoms with Gasteiger partial charge in [-0.2, -0.15) is 0 Å². The third kappa shape index (κ3) is 42.8. The molecule has 0 aliphatic carbocycles. The molecule has 10 aromatic rings. The van der Waals surface area contributed by atoms with Gasteiger partial charge in [0.05, 0.1) is 127 Å². The van der Waals surface area contributed by atoms with Crippen molar-refractivity contribution in [3.8, 4) is 103 Å². The average Bonchev–Trinajstić information content (AvgIpc) is 0.871. The number of rotatable bonds is 72. The zero-order valence-corrected chi connectivity index (χ0v) is 72.0. The highest BCUT2D eigenvalue weighted by atomic mass is 16.5. The monoisotopic (exact) mass is 1690 g/mol. The molecule has 0 amide bonds. The molecule has 10 rings (SSSR count). The summed E-state index contributed by atoms with van der Waals surface area (Å²) in [5, 5.41) is 0. The molecule has 0 spiro atoms. The molecule has 0 aromatic heterocycles. The van der Waals surface area contributed by atoms with E-state index in [1.54, 1.807) is 72.8 Å². The summed E-state index contributed by atoms with van der Waals surface area (Å²) in [6.45, 7) is 9.70. The maximum atomic E-state index is 7.74. The largest absolute Gasteiger partial charge is 0.494 e. The van der Waals surface area contributed by atoms with E-state index in [-0.39, 0.29) is 0 Å². The van der Waals surface area contributed by atoms with Crippen LogP contribution in [0.25, 0.3) is 0 Å². The normalized spacial score (nSPS) is 11.6. The molecule has 0 saturated heterocycles. The van der Waals surface area contributed by atoms with E-state index in [4.69, 9.17) is 93.5 Å². The van der Waals surface area contributed by atoms with Crippen LogP contribution in [-0.2, 0) is 0 Å². The summed E-state index contributed by atoms with van der Waals surface area (Å²) in [7, 11) is 0. The van der Waals surface area contributed by atoms with E-state index in [1.165, 1.54) is 0 Å². The Kier molecular flexibility index (Phi) is 42.2. The lowest BCUT2D eigenvalue weighted by Gasteiger charge is -2.15. The van der Waals surface area contributed by atoms with E-state index >= 15 is 0 Å². The second-order valence-electron chi connectivity index (χ2n) is 29.8. The molecule has 0 fully saturated rings. The van der Waals surface area contributed by atoms with Gasteiger partial charge in [0.15, 0.2) is 0 Å². The minimum atomic E-state index is 0.458. The molecule has 660 valence electrons. The van der Waals surface area contributed by atoms with Crippen molar-refractivity contribution in [3.05, 3.63) is 255 Å². The summed E-state index contributed by atoms with van der Waals surface area (Å²) in [5.74, 6) is 12.8. The summed E-state index contributed by atoms with van der Waals surface area (Å²) in [4.78, 5) is 0. The van der Waals surface area contributed by atoms with E-state index in [0.717, 1.165) is 208 Å². The lowest BCUT2D eigenvalue weighted by Crippen LogP contribution is -2.05. The van der Waals surface area contributed by atoms with Gasteiger partial charge in [0.1, 0.15) is 103 Å². The van der Waals surface area contributed by atoms with Crippen LogP contribution in [0, 0.1) is 0 Å². The van der Waals surface area contributed by atoms with Gasteiger partial charge in [-0.15, -0.1) is 0 Å². The molecule has 0 aliphatic rings. The second-order valence-corrected chi connectivity index (χ2v) is 29.8. The van der Waals surface area contributed by atoms with Crippen molar-refractivity contribution in [1.82, 2.24) is 0 Å². The van der Waals surface area contributed by atoms with Crippen LogP contribution in [0.5, 0.6) is 103 Å². The third-order valence-corrected chi connectivity index (χ3v) is 19.5. The van der Waals surface area contributed by atoms with E-state index in [0.29, 0.717) is 224 Å². The first-order valence-electron chi connectivity index (χ1n) is 47.7. The van der Waals surface area contributed by atoms with Crippen LogP contribution >= 0.6 is 0 Å². The lowest BCUT2D eigenvalue weighted by atomic mass is 10.2. The van der Waals surface area contributed by atoms with Crippen molar-refractivity contribution in [2.75, 3.05) is 119 Å². The quantitative estimate of drug-likeness (QED) is 0.0330. The number of benzene rings is 10. The van der Waals surface area contributed by atoms with E-state index in [2.05, 4.69) is 0 Å². The molecule has 10 aromatic carbocycles. The molecule has 0 atom stereocenters. The van der Waals surface area contributed by atoms with Gasteiger partial charge in [0.25, 0.3) is 0 Å². The highest BCUT2D eigenvalue weighted by Crippen LogP contribution is 2.34. The molecule has 0 heterocycles. The number of unbranched alkanes of at least 4 members (excludes halogenated alkanes) is 18. The maximum Gasteiger partial charge on any atom is 0.126 e. The van der Waals surface area contributed by atoms with E-state index in [1.807, 2.05) is 146 Å². The second kappa shape index (κ2) is 61.0.